The van der Waals surface area contributed by atoms with Gasteiger partial charge in [-0.1, -0.05) is 23.7 Å². The number of nitrogens with two attached hydrogens (primary N) is 1. The molecule has 0 fully saturated rings. The van der Waals surface area contributed by atoms with E-state index in [1.165, 1.54) is 18.5 Å². The van der Waals surface area contributed by atoms with Crippen LogP contribution in [0.2, 0.25) is 5.02 Å². The van der Waals surface area contributed by atoms with Gasteiger partial charge in [0.15, 0.2) is 0 Å². The summed E-state index contributed by atoms with van der Waals surface area (Å²) in [6, 6.07) is 8.03. The zero-order valence-electron chi connectivity index (χ0n) is 11.2. The Balaban J connectivity index is 2.29. The van der Waals surface area contributed by atoms with Gasteiger partial charge in [0.25, 0.3) is 0 Å². The standard InChI is InChI=1S/C13H15ClN4O2S/c1-9(10-3-2-4-11(14)7-10)18-21(19,20)13-8-16-6-5-12(13)17-15/h2-9,18H,15H2,1H3,(H,16,17). The van der Waals surface area contributed by atoms with E-state index in [0.717, 1.165) is 5.56 Å². The SMILES string of the molecule is CC(NS(=O)(=O)c1cnccc1NN)c1cccc(Cl)c1. The summed E-state index contributed by atoms with van der Waals surface area (Å²) in [5.41, 5.74) is 3.38. The molecular formula is C13H15ClN4O2S. The molecule has 4 N–H and O–H groups in total. The van der Waals surface area contributed by atoms with Gasteiger partial charge in [0, 0.05) is 23.5 Å². The first-order chi connectivity index (χ1) is 9.94. The fourth-order valence-corrected chi connectivity index (χ4v) is 3.40. The molecule has 2 rings (SSSR count). The van der Waals surface area contributed by atoms with Crippen LogP contribution in [-0.2, 0) is 10.0 Å². The third-order valence-electron chi connectivity index (χ3n) is 2.91. The molecule has 6 nitrogen and oxygen atoms in total. The van der Waals surface area contributed by atoms with Crippen molar-refractivity contribution in [2.24, 2.45) is 5.84 Å². The Morgan fingerprint density at radius 2 is 2.10 bits per heavy atom. The molecule has 0 bridgehead atoms. The van der Waals surface area contributed by atoms with Crippen molar-refractivity contribution in [2.75, 3.05) is 5.43 Å². The molecule has 0 aliphatic carbocycles. The lowest BCUT2D eigenvalue weighted by atomic mass is 10.1. The van der Waals surface area contributed by atoms with Gasteiger partial charge in [0.1, 0.15) is 4.90 Å². The van der Waals surface area contributed by atoms with Crippen LogP contribution in [0.15, 0.2) is 47.6 Å². The largest absolute Gasteiger partial charge is 0.323 e. The van der Waals surface area contributed by atoms with Crippen LogP contribution >= 0.6 is 11.6 Å². The molecule has 1 aromatic heterocycles. The summed E-state index contributed by atoms with van der Waals surface area (Å²) in [6.07, 6.45) is 2.69. The zero-order valence-corrected chi connectivity index (χ0v) is 12.8. The highest BCUT2D eigenvalue weighted by Crippen LogP contribution is 2.23. The maximum Gasteiger partial charge on any atom is 0.244 e. The zero-order chi connectivity index (χ0) is 15.5. The highest BCUT2D eigenvalue weighted by molar-refractivity contribution is 7.89. The van der Waals surface area contributed by atoms with Crippen LogP contribution in [-0.4, -0.2) is 13.4 Å². The number of sulfonamides is 1. The summed E-state index contributed by atoms with van der Waals surface area (Å²) in [4.78, 5) is 3.81. The third-order valence-corrected chi connectivity index (χ3v) is 4.71. The van der Waals surface area contributed by atoms with Crippen LogP contribution in [0.5, 0.6) is 0 Å². The van der Waals surface area contributed by atoms with Crippen molar-refractivity contribution in [2.45, 2.75) is 17.9 Å². The van der Waals surface area contributed by atoms with Gasteiger partial charge in [-0.3, -0.25) is 10.8 Å². The number of hydrogen-bond acceptors (Lipinski definition) is 5. The summed E-state index contributed by atoms with van der Waals surface area (Å²) in [5.74, 6) is 5.32. The average Bonchev–Trinajstić information content (AvgIpc) is 2.46. The van der Waals surface area contributed by atoms with Gasteiger partial charge in [-0.15, -0.1) is 0 Å². The Morgan fingerprint density at radius 1 is 1.33 bits per heavy atom. The second kappa shape index (κ2) is 6.40. The normalized spacial score (nSPS) is 12.9. The first-order valence-electron chi connectivity index (χ1n) is 6.12. The Morgan fingerprint density at radius 3 is 2.76 bits per heavy atom. The van der Waals surface area contributed by atoms with Crippen LogP contribution < -0.4 is 16.0 Å². The maximum atomic E-state index is 12.4. The predicted molar refractivity (Wildman–Crippen MR) is 82.2 cm³/mol. The van der Waals surface area contributed by atoms with E-state index >= 15 is 0 Å². The number of pyridine rings is 1. The quantitative estimate of drug-likeness (QED) is 0.577. The number of rotatable bonds is 5. The fourth-order valence-electron chi connectivity index (χ4n) is 1.85. The Hall–Kier alpha value is -1.67. The monoisotopic (exact) mass is 326 g/mol. The van der Waals surface area contributed by atoms with Crippen molar-refractivity contribution in [1.29, 1.82) is 0 Å². The first kappa shape index (κ1) is 15.7. The van der Waals surface area contributed by atoms with E-state index < -0.39 is 16.1 Å². The number of nitrogens with zero attached hydrogens (tertiary/aromatic N) is 1. The number of nitrogens with one attached hydrogen (secondary N) is 2. The first-order valence-corrected chi connectivity index (χ1v) is 7.98. The van der Waals surface area contributed by atoms with Gasteiger partial charge in [-0.2, -0.15) is 0 Å². The minimum absolute atomic E-state index is 0.0126. The van der Waals surface area contributed by atoms with Crippen molar-refractivity contribution < 1.29 is 8.42 Å². The molecule has 0 spiro atoms. The van der Waals surface area contributed by atoms with Crippen LogP contribution in [0.3, 0.4) is 0 Å². The van der Waals surface area contributed by atoms with Gasteiger partial charge < -0.3 is 5.43 Å². The maximum absolute atomic E-state index is 12.4. The minimum atomic E-state index is -3.76. The van der Waals surface area contributed by atoms with Crippen LogP contribution in [0, 0.1) is 0 Å². The highest BCUT2D eigenvalue weighted by atomic mass is 35.5. The topological polar surface area (TPSA) is 97.1 Å². The molecule has 1 heterocycles. The van der Waals surface area contributed by atoms with E-state index in [1.807, 2.05) is 0 Å². The van der Waals surface area contributed by atoms with Crippen LogP contribution in [0.4, 0.5) is 5.69 Å². The third kappa shape index (κ3) is 3.70. The Bertz CT molecular complexity index is 736. The van der Waals surface area contributed by atoms with E-state index in [1.54, 1.807) is 31.2 Å². The lowest BCUT2D eigenvalue weighted by molar-refractivity contribution is 0.567. The molecule has 112 valence electrons. The number of anilines is 1. The number of hydrazine groups is 1. The molecule has 8 heteroatoms. The van der Waals surface area contributed by atoms with Gasteiger partial charge in [-0.05, 0) is 30.7 Å². The molecule has 0 saturated heterocycles. The van der Waals surface area contributed by atoms with Gasteiger partial charge in [0.2, 0.25) is 10.0 Å². The van der Waals surface area contributed by atoms with Crippen molar-refractivity contribution in [3.63, 3.8) is 0 Å². The number of hydrogen-bond donors (Lipinski definition) is 3. The molecule has 1 atom stereocenters. The number of halogens is 1. The summed E-state index contributed by atoms with van der Waals surface area (Å²) in [6.45, 7) is 1.73. The van der Waals surface area contributed by atoms with E-state index in [4.69, 9.17) is 17.4 Å². The summed E-state index contributed by atoms with van der Waals surface area (Å²) in [7, 11) is -3.76. The van der Waals surface area contributed by atoms with Crippen LogP contribution in [0.25, 0.3) is 0 Å². The molecule has 0 saturated carbocycles. The molecule has 0 amide bonds. The molecule has 1 unspecified atom stereocenters. The number of aromatic nitrogens is 1. The Labute approximate surface area is 128 Å². The van der Waals surface area contributed by atoms with E-state index in [0.29, 0.717) is 5.02 Å². The molecule has 1 aromatic carbocycles. The molecule has 2 aromatic rings. The van der Waals surface area contributed by atoms with Crippen molar-refractivity contribution in [3.8, 4) is 0 Å². The lowest BCUT2D eigenvalue weighted by Crippen LogP contribution is -2.28. The minimum Gasteiger partial charge on any atom is -0.323 e. The van der Waals surface area contributed by atoms with Crippen LogP contribution in [0.1, 0.15) is 18.5 Å². The lowest BCUT2D eigenvalue weighted by Gasteiger charge is -2.16. The second-order valence-corrected chi connectivity index (χ2v) is 6.53. The number of nitrogen functional groups attached to an aromatic ring is 1. The molecule has 0 aliphatic rings. The molecule has 0 radical (unpaired) electrons. The van der Waals surface area contributed by atoms with E-state index in [2.05, 4.69) is 15.1 Å². The van der Waals surface area contributed by atoms with Crippen molar-refractivity contribution in [3.05, 3.63) is 53.3 Å². The molecule has 21 heavy (non-hydrogen) atoms. The van der Waals surface area contributed by atoms with Crippen molar-refractivity contribution >= 4 is 27.3 Å². The predicted octanol–water partition coefficient (Wildman–Crippen LogP) is 2.06. The highest BCUT2D eigenvalue weighted by Gasteiger charge is 2.21. The molecule has 0 aliphatic heterocycles. The van der Waals surface area contributed by atoms with Gasteiger partial charge >= 0.3 is 0 Å². The fraction of sp³-hybridized carbons (Fsp3) is 0.154. The van der Waals surface area contributed by atoms with E-state index in [-0.39, 0.29) is 10.6 Å². The summed E-state index contributed by atoms with van der Waals surface area (Å²) < 4.78 is 27.4. The average molecular weight is 327 g/mol. The smallest absolute Gasteiger partial charge is 0.244 e. The van der Waals surface area contributed by atoms with Gasteiger partial charge in [0.05, 0.1) is 5.69 Å². The molecular weight excluding hydrogens is 312 g/mol. The van der Waals surface area contributed by atoms with Crippen molar-refractivity contribution in [1.82, 2.24) is 9.71 Å². The Kier molecular flexibility index (Phi) is 4.79. The van der Waals surface area contributed by atoms with E-state index in [9.17, 15) is 8.42 Å². The summed E-state index contributed by atoms with van der Waals surface area (Å²) in [5, 5.41) is 0.546. The second-order valence-electron chi connectivity index (χ2n) is 4.41. The number of benzene rings is 1. The van der Waals surface area contributed by atoms with Gasteiger partial charge in [-0.25, -0.2) is 13.1 Å². The summed E-state index contributed by atoms with van der Waals surface area (Å²) >= 11 is 5.91.